The lowest BCUT2D eigenvalue weighted by molar-refractivity contribution is -0.121. The second kappa shape index (κ2) is 8.32. The topological polar surface area (TPSA) is 78.4 Å². The molecule has 2 aliphatic heterocycles. The fraction of sp³-hybridized carbons (Fsp3) is 0.308. The molecule has 0 atom stereocenters. The number of amides is 2. The van der Waals surface area contributed by atoms with Crippen LogP contribution in [-0.2, 0) is 16.0 Å². The van der Waals surface area contributed by atoms with Crippen molar-refractivity contribution < 1.29 is 22.8 Å². The van der Waals surface area contributed by atoms with E-state index in [9.17, 15) is 18.4 Å². The first-order valence-corrected chi connectivity index (χ1v) is 11.7. The molecule has 1 aromatic carbocycles. The van der Waals surface area contributed by atoms with Crippen LogP contribution in [0.3, 0.4) is 0 Å². The molecule has 0 radical (unpaired) electrons. The fourth-order valence-electron chi connectivity index (χ4n) is 4.94. The highest BCUT2D eigenvalue weighted by Gasteiger charge is 2.53. The van der Waals surface area contributed by atoms with Gasteiger partial charge in [-0.3, -0.25) is 14.6 Å². The average Bonchev–Trinajstić information content (AvgIpc) is 3.64. The van der Waals surface area contributed by atoms with Gasteiger partial charge in [-0.1, -0.05) is 18.2 Å². The van der Waals surface area contributed by atoms with Gasteiger partial charge >= 0.3 is 0 Å². The molecule has 1 N–H and O–H groups in total. The van der Waals surface area contributed by atoms with Gasteiger partial charge in [0.1, 0.15) is 12.4 Å². The number of hydrogen-bond acceptors (Lipinski definition) is 5. The number of rotatable bonds is 5. The Bertz CT molecular complexity index is 1370. The molecule has 1 saturated carbocycles. The molecule has 0 bridgehead atoms. The molecule has 1 spiro atoms. The Labute approximate surface area is 205 Å². The van der Waals surface area contributed by atoms with Crippen LogP contribution in [-0.4, -0.2) is 41.4 Å². The minimum absolute atomic E-state index is 0.108. The number of nitrogens with one attached hydrogen (secondary N) is 1. The molecule has 2 aromatic heterocycles. The number of benzene rings is 1. The first-order valence-electron chi connectivity index (χ1n) is 11.7. The number of carbonyl (C=O) groups is 2. The quantitative estimate of drug-likeness (QED) is 0.535. The van der Waals surface area contributed by atoms with E-state index in [1.165, 1.54) is 35.4 Å². The maximum Gasteiger partial charge on any atom is 0.263 e. The van der Waals surface area contributed by atoms with Crippen LogP contribution < -0.4 is 15.1 Å². The second-order valence-corrected chi connectivity index (χ2v) is 9.65. The van der Waals surface area contributed by atoms with Crippen LogP contribution in [0.15, 0.2) is 48.7 Å². The maximum absolute atomic E-state index is 15.5. The highest BCUT2D eigenvalue weighted by Crippen LogP contribution is 2.54. The molecule has 3 aliphatic rings. The standard InChI is InChI=1S/C26H22F3N5O2/c27-24(28)15-3-5-16(6-4-15)31-21(35)12-34-19-11-20(33-13-26(14-33)7-8-26)32-25(29)23(19)17-2-1-9-30-18(17)10-22(34)36/h1-6,9,11,24H,7-8,10,12-14H2,(H,31,35). The molecule has 7 nitrogen and oxygen atoms in total. The molecule has 184 valence electrons. The van der Waals surface area contributed by atoms with Gasteiger partial charge in [0.05, 0.1) is 23.4 Å². The summed E-state index contributed by atoms with van der Waals surface area (Å²) in [5.41, 5.74) is 1.72. The lowest BCUT2D eigenvalue weighted by atomic mass is 9.96. The normalized spacial score (nSPS) is 17.4. The van der Waals surface area contributed by atoms with Crippen LogP contribution in [0.1, 0.15) is 30.5 Å². The summed E-state index contributed by atoms with van der Waals surface area (Å²) >= 11 is 0. The van der Waals surface area contributed by atoms with E-state index in [2.05, 4.69) is 15.3 Å². The van der Waals surface area contributed by atoms with Gasteiger partial charge in [0, 0.05) is 47.6 Å². The van der Waals surface area contributed by atoms with E-state index in [0.29, 0.717) is 28.2 Å². The molecule has 2 amide bonds. The van der Waals surface area contributed by atoms with E-state index in [-0.39, 0.29) is 29.8 Å². The van der Waals surface area contributed by atoms with Gasteiger partial charge in [-0.25, -0.2) is 13.8 Å². The number of pyridine rings is 2. The van der Waals surface area contributed by atoms with Gasteiger partial charge in [-0.15, -0.1) is 0 Å². The number of fused-ring (bicyclic) bond motifs is 3. The van der Waals surface area contributed by atoms with Crippen molar-refractivity contribution in [3.05, 3.63) is 65.9 Å². The molecular weight excluding hydrogens is 471 g/mol. The van der Waals surface area contributed by atoms with Crippen LogP contribution in [0.4, 0.5) is 30.4 Å². The van der Waals surface area contributed by atoms with Crippen LogP contribution in [0.5, 0.6) is 0 Å². The van der Waals surface area contributed by atoms with E-state index in [4.69, 9.17) is 0 Å². The van der Waals surface area contributed by atoms with Crippen molar-refractivity contribution in [2.75, 3.05) is 34.8 Å². The molecular formula is C26H22F3N5O2. The molecule has 4 heterocycles. The SMILES string of the molecule is O=C(CN1C(=O)Cc2ncccc2-c2c1cc(N1CC3(CC3)C1)nc2F)Nc1ccc(C(F)F)cc1. The zero-order valence-corrected chi connectivity index (χ0v) is 19.2. The van der Waals surface area contributed by atoms with Gasteiger partial charge in [-0.05, 0) is 31.0 Å². The number of carbonyl (C=O) groups excluding carboxylic acids is 2. The summed E-state index contributed by atoms with van der Waals surface area (Å²) < 4.78 is 41.2. The molecule has 36 heavy (non-hydrogen) atoms. The smallest absolute Gasteiger partial charge is 0.263 e. The average molecular weight is 493 g/mol. The highest BCUT2D eigenvalue weighted by molar-refractivity contribution is 6.07. The number of nitrogens with zero attached hydrogens (tertiary/aromatic N) is 4. The van der Waals surface area contributed by atoms with Crippen molar-refractivity contribution in [1.29, 1.82) is 0 Å². The third-order valence-electron chi connectivity index (χ3n) is 7.09. The number of anilines is 3. The third kappa shape index (κ3) is 3.96. The summed E-state index contributed by atoms with van der Waals surface area (Å²) in [6.45, 7) is 1.20. The summed E-state index contributed by atoms with van der Waals surface area (Å²) in [5, 5.41) is 2.63. The van der Waals surface area contributed by atoms with E-state index in [1.807, 2.05) is 4.90 Å². The van der Waals surface area contributed by atoms with Crippen LogP contribution in [0.25, 0.3) is 11.1 Å². The number of aromatic nitrogens is 2. The Morgan fingerprint density at radius 3 is 2.58 bits per heavy atom. The number of alkyl halides is 2. The van der Waals surface area contributed by atoms with E-state index in [1.54, 1.807) is 18.2 Å². The van der Waals surface area contributed by atoms with Crippen molar-refractivity contribution >= 4 is 29.0 Å². The van der Waals surface area contributed by atoms with E-state index < -0.39 is 24.2 Å². The number of hydrogen-bond donors (Lipinski definition) is 1. The van der Waals surface area contributed by atoms with Crippen molar-refractivity contribution in [2.45, 2.75) is 25.7 Å². The molecule has 2 fully saturated rings. The predicted octanol–water partition coefficient (Wildman–Crippen LogP) is 4.35. The molecule has 6 rings (SSSR count). The zero-order chi connectivity index (χ0) is 25.0. The molecule has 0 unspecified atom stereocenters. The lowest BCUT2D eigenvalue weighted by Crippen LogP contribution is -2.49. The minimum atomic E-state index is -2.62. The summed E-state index contributed by atoms with van der Waals surface area (Å²) in [4.78, 5) is 37.9. The second-order valence-electron chi connectivity index (χ2n) is 9.65. The van der Waals surface area contributed by atoms with Crippen molar-refractivity contribution in [3.63, 3.8) is 0 Å². The highest BCUT2D eigenvalue weighted by atomic mass is 19.3. The van der Waals surface area contributed by atoms with Gasteiger partial charge in [0.15, 0.2) is 0 Å². The molecule has 3 aromatic rings. The Morgan fingerprint density at radius 2 is 1.89 bits per heavy atom. The Kier molecular flexibility index (Phi) is 5.20. The lowest BCUT2D eigenvalue weighted by Gasteiger charge is -2.41. The predicted molar refractivity (Wildman–Crippen MR) is 127 cm³/mol. The zero-order valence-electron chi connectivity index (χ0n) is 19.2. The first kappa shape index (κ1) is 22.5. The van der Waals surface area contributed by atoms with Gasteiger partial charge in [-0.2, -0.15) is 4.39 Å². The minimum Gasteiger partial charge on any atom is -0.355 e. The van der Waals surface area contributed by atoms with Crippen molar-refractivity contribution in [1.82, 2.24) is 9.97 Å². The van der Waals surface area contributed by atoms with Crippen molar-refractivity contribution in [3.8, 4) is 11.1 Å². The van der Waals surface area contributed by atoms with Crippen LogP contribution in [0.2, 0.25) is 0 Å². The van der Waals surface area contributed by atoms with Crippen molar-refractivity contribution in [2.24, 2.45) is 5.41 Å². The monoisotopic (exact) mass is 493 g/mol. The largest absolute Gasteiger partial charge is 0.355 e. The third-order valence-corrected chi connectivity index (χ3v) is 7.09. The van der Waals surface area contributed by atoms with Crippen LogP contribution in [0, 0.1) is 11.4 Å². The molecule has 1 saturated heterocycles. The summed E-state index contributed by atoms with van der Waals surface area (Å²) in [5.74, 6) is -1.25. The molecule has 10 heteroatoms. The summed E-state index contributed by atoms with van der Waals surface area (Å²) in [7, 11) is 0. The van der Waals surface area contributed by atoms with Gasteiger partial charge in [0.25, 0.3) is 6.43 Å². The first-order chi connectivity index (χ1) is 17.3. The van der Waals surface area contributed by atoms with Crippen LogP contribution >= 0.6 is 0 Å². The number of halogens is 3. The Morgan fingerprint density at radius 1 is 1.14 bits per heavy atom. The Balaban J connectivity index is 1.33. The van der Waals surface area contributed by atoms with E-state index >= 15 is 4.39 Å². The maximum atomic E-state index is 15.5. The molecule has 1 aliphatic carbocycles. The Hall–Kier alpha value is -3.95. The van der Waals surface area contributed by atoms with Gasteiger partial charge < -0.3 is 15.1 Å². The summed E-state index contributed by atoms with van der Waals surface area (Å²) in [6, 6.07) is 10.2. The van der Waals surface area contributed by atoms with Gasteiger partial charge in [0.2, 0.25) is 17.8 Å². The fourth-order valence-corrected chi connectivity index (χ4v) is 4.94. The van der Waals surface area contributed by atoms with E-state index in [0.717, 1.165) is 25.9 Å². The summed E-state index contributed by atoms with van der Waals surface area (Å²) in [6.07, 6.45) is 1.11.